The Morgan fingerprint density at radius 1 is 1.41 bits per heavy atom. The summed E-state index contributed by atoms with van der Waals surface area (Å²) >= 11 is 0. The summed E-state index contributed by atoms with van der Waals surface area (Å²) < 4.78 is 0. The van der Waals surface area contributed by atoms with E-state index in [-0.39, 0.29) is 0 Å². The van der Waals surface area contributed by atoms with Crippen LogP contribution in [0.3, 0.4) is 0 Å². The molecule has 0 heterocycles. The maximum Gasteiger partial charge on any atom is 0.331 e. The Bertz CT molecular complexity index is 255. The van der Waals surface area contributed by atoms with Crippen molar-refractivity contribution in [3.8, 4) is 0 Å². The van der Waals surface area contributed by atoms with E-state index >= 15 is 0 Å². The molecule has 0 amide bonds. The fourth-order valence-corrected chi connectivity index (χ4v) is 2.50. The van der Waals surface area contributed by atoms with Crippen molar-refractivity contribution in [2.75, 3.05) is 13.1 Å². The van der Waals surface area contributed by atoms with Gasteiger partial charge < -0.3 is 10.4 Å². The van der Waals surface area contributed by atoms with Crippen molar-refractivity contribution in [3.63, 3.8) is 0 Å². The first-order valence-electron chi connectivity index (χ1n) is 6.87. The molecule has 3 heteroatoms. The first-order valence-corrected chi connectivity index (χ1v) is 6.87. The Morgan fingerprint density at radius 3 is 2.71 bits per heavy atom. The van der Waals surface area contributed by atoms with Crippen molar-refractivity contribution in [3.05, 3.63) is 11.6 Å². The highest BCUT2D eigenvalue weighted by molar-refractivity contribution is 5.86. The second-order valence-electron chi connectivity index (χ2n) is 4.88. The van der Waals surface area contributed by atoms with Gasteiger partial charge in [0.05, 0.1) is 0 Å². The largest absolute Gasteiger partial charge is 0.478 e. The summed E-state index contributed by atoms with van der Waals surface area (Å²) in [5.41, 5.74) is 0.508. The molecule has 1 aliphatic rings. The van der Waals surface area contributed by atoms with Crippen LogP contribution in [-0.4, -0.2) is 24.2 Å². The van der Waals surface area contributed by atoms with Gasteiger partial charge in [-0.25, -0.2) is 4.79 Å². The molecule has 2 N–H and O–H groups in total. The van der Waals surface area contributed by atoms with Gasteiger partial charge in [-0.2, -0.15) is 0 Å². The maximum atomic E-state index is 10.7. The summed E-state index contributed by atoms with van der Waals surface area (Å²) in [6, 6.07) is 0. The molecular weight excluding hydrogens is 214 g/mol. The zero-order valence-corrected chi connectivity index (χ0v) is 10.9. The summed E-state index contributed by atoms with van der Waals surface area (Å²) in [6.45, 7) is 3.56. The van der Waals surface area contributed by atoms with Gasteiger partial charge in [0, 0.05) is 12.1 Å². The molecule has 1 rings (SSSR count). The van der Waals surface area contributed by atoms with E-state index in [2.05, 4.69) is 5.32 Å². The molecule has 0 radical (unpaired) electrons. The van der Waals surface area contributed by atoms with Gasteiger partial charge in [-0.05, 0) is 31.7 Å². The summed E-state index contributed by atoms with van der Waals surface area (Å²) in [6.07, 6.45) is 10.6. The van der Waals surface area contributed by atoms with Crippen molar-refractivity contribution >= 4 is 5.97 Å². The molecule has 1 saturated carbocycles. The van der Waals surface area contributed by atoms with Gasteiger partial charge in [-0.1, -0.05) is 38.7 Å². The Kier molecular flexibility index (Phi) is 6.94. The minimum atomic E-state index is -0.791. The fourth-order valence-electron chi connectivity index (χ4n) is 2.50. The van der Waals surface area contributed by atoms with Crippen LogP contribution in [0.15, 0.2) is 11.6 Å². The van der Waals surface area contributed by atoms with Crippen LogP contribution in [0.25, 0.3) is 0 Å². The van der Waals surface area contributed by atoms with E-state index in [1.54, 1.807) is 6.08 Å². The van der Waals surface area contributed by atoms with Gasteiger partial charge in [0.1, 0.15) is 0 Å². The quantitative estimate of drug-likeness (QED) is 0.506. The number of carbonyl (C=O) groups is 1. The van der Waals surface area contributed by atoms with Crippen LogP contribution in [0.1, 0.15) is 51.9 Å². The minimum absolute atomic E-state index is 0.508. The number of rotatable bonds is 8. The van der Waals surface area contributed by atoms with Crippen LogP contribution < -0.4 is 5.32 Å². The molecule has 0 spiro atoms. The number of aliphatic carboxylic acids is 1. The van der Waals surface area contributed by atoms with Crippen molar-refractivity contribution in [2.45, 2.75) is 51.9 Å². The van der Waals surface area contributed by atoms with Gasteiger partial charge in [-0.15, -0.1) is 0 Å². The van der Waals surface area contributed by atoms with Crippen LogP contribution in [-0.2, 0) is 4.79 Å². The van der Waals surface area contributed by atoms with Gasteiger partial charge >= 0.3 is 5.97 Å². The highest BCUT2D eigenvalue weighted by atomic mass is 16.4. The Labute approximate surface area is 104 Å². The highest BCUT2D eigenvalue weighted by Crippen LogP contribution is 2.28. The second-order valence-corrected chi connectivity index (χ2v) is 4.88. The average Bonchev–Trinajstić information content (AvgIpc) is 2.80. The van der Waals surface area contributed by atoms with Crippen molar-refractivity contribution in [1.82, 2.24) is 5.32 Å². The number of carboxylic acid groups (broad SMARTS) is 1. The molecule has 0 atom stereocenters. The molecule has 17 heavy (non-hydrogen) atoms. The SMILES string of the molecule is CCC(=CCNCCCC1CCCC1)C(=O)O. The number of carboxylic acids is 1. The molecule has 0 aromatic heterocycles. The predicted octanol–water partition coefficient (Wildman–Crippen LogP) is 2.97. The van der Waals surface area contributed by atoms with E-state index in [0.29, 0.717) is 18.5 Å². The topological polar surface area (TPSA) is 49.3 Å². The smallest absolute Gasteiger partial charge is 0.331 e. The summed E-state index contributed by atoms with van der Waals surface area (Å²) in [4.78, 5) is 10.7. The van der Waals surface area contributed by atoms with Crippen molar-refractivity contribution in [2.24, 2.45) is 5.92 Å². The Morgan fingerprint density at radius 2 is 2.12 bits per heavy atom. The summed E-state index contributed by atoms with van der Waals surface area (Å²) in [5, 5.41) is 12.1. The molecule has 1 aliphatic carbocycles. The second kappa shape index (κ2) is 8.29. The van der Waals surface area contributed by atoms with Crippen LogP contribution in [0, 0.1) is 5.92 Å². The van der Waals surface area contributed by atoms with Gasteiger partial charge in [0.25, 0.3) is 0 Å². The first kappa shape index (κ1) is 14.2. The average molecular weight is 239 g/mol. The number of hydrogen-bond acceptors (Lipinski definition) is 2. The van der Waals surface area contributed by atoms with Crippen molar-refractivity contribution < 1.29 is 9.90 Å². The Hall–Kier alpha value is -0.830. The highest BCUT2D eigenvalue weighted by Gasteiger charge is 2.13. The van der Waals surface area contributed by atoms with Crippen LogP contribution in [0.2, 0.25) is 0 Å². The zero-order chi connectivity index (χ0) is 12.5. The van der Waals surface area contributed by atoms with Gasteiger partial charge in [0.2, 0.25) is 0 Å². The molecule has 0 unspecified atom stereocenters. The predicted molar refractivity (Wildman–Crippen MR) is 70.1 cm³/mol. The van der Waals surface area contributed by atoms with Gasteiger partial charge in [-0.3, -0.25) is 0 Å². The summed E-state index contributed by atoms with van der Waals surface area (Å²) in [7, 11) is 0. The molecule has 98 valence electrons. The lowest BCUT2D eigenvalue weighted by Crippen LogP contribution is -2.17. The molecule has 0 aromatic rings. The van der Waals surface area contributed by atoms with E-state index in [0.717, 1.165) is 12.5 Å². The third-order valence-corrected chi connectivity index (χ3v) is 3.59. The molecular formula is C14H25NO2. The third-order valence-electron chi connectivity index (χ3n) is 3.59. The van der Waals surface area contributed by atoms with Crippen LogP contribution in [0.4, 0.5) is 0 Å². The first-order chi connectivity index (χ1) is 8.24. The molecule has 0 saturated heterocycles. The zero-order valence-electron chi connectivity index (χ0n) is 10.9. The van der Waals surface area contributed by atoms with E-state index in [1.165, 1.54) is 38.5 Å². The van der Waals surface area contributed by atoms with Crippen LogP contribution >= 0.6 is 0 Å². The van der Waals surface area contributed by atoms with Gasteiger partial charge in [0.15, 0.2) is 0 Å². The lowest BCUT2D eigenvalue weighted by Gasteiger charge is -2.08. The summed E-state index contributed by atoms with van der Waals surface area (Å²) in [5.74, 6) is 0.165. The molecule has 0 aliphatic heterocycles. The van der Waals surface area contributed by atoms with E-state index in [4.69, 9.17) is 5.11 Å². The van der Waals surface area contributed by atoms with Crippen LogP contribution in [0.5, 0.6) is 0 Å². The number of nitrogens with one attached hydrogen (secondary N) is 1. The monoisotopic (exact) mass is 239 g/mol. The lowest BCUT2D eigenvalue weighted by molar-refractivity contribution is -0.132. The van der Waals surface area contributed by atoms with E-state index in [9.17, 15) is 4.79 Å². The normalized spacial score (nSPS) is 17.6. The molecule has 3 nitrogen and oxygen atoms in total. The fraction of sp³-hybridized carbons (Fsp3) is 0.786. The third kappa shape index (κ3) is 5.87. The maximum absolute atomic E-state index is 10.7. The Balaban J connectivity index is 2.01. The minimum Gasteiger partial charge on any atom is -0.478 e. The molecule has 0 bridgehead atoms. The molecule has 1 fully saturated rings. The molecule has 0 aromatic carbocycles. The standard InChI is InChI=1S/C14H25NO2/c1-2-13(14(16)17)9-11-15-10-5-8-12-6-3-4-7-12/h9,12,15H,2-8,10-11H2,1H3,(H,16,17). The van der Waals surface area contributed by atoms with E-state index < -0.39 is 5.97 Å². The lowest BCUT2D eigenvalue weighted by atomic mass is 10.0. The van der Waals surface area contributed by atoms with E-state index in [1.807, 2.05) is 6.92 Å². The van der Waals surface area contributed by atoms with Crippen molar-refractivity contribution in [1.29, 1.82) is 0 Å². The number of hydrogen-bond donors (Lipinski definition) is 2.